The monoisotopic (exact) mass is 376 g/mol. The number of furan rings is 1. The molecule has 0 unspecified atom stereocenters. The lowest BCUT2D eigenvalue weighted by molar-refractivity contribution is -0.121. The van der Waals surface area contributed by atoms with Gasteiger partial charge in [-0.15, -0.1) is 0 Å². The largest absolute Gasteiger partial charge is 0.467 e. The van der Waals surface area contributed by atoms with Gasteiger partial charge in [-0.25, -0.2) is 0 Å². The number of rotatable bonds is 5. The number of nitrogens with zero attached hydrogens (tertiary/aromatic N) is 3. The Kier molecular flexibility index (Phi) is 4.57. The third-order valence-corrected chi connectivity index (χ3v) is 4.88. The highest BCUT2D eigenvalue weighted by atomic mass is 16.3. The van der Waals surface area contributed by atoms with Gasteiger partial charge in [-0.3, -0.25) is 9.59 Å². The van der Waals surface area contributed by atoms with Crippen molar-refractivity contribution >= 4 is 16.7 Å². The quantitative estimate of drug-likeness (QED) is 0.581. The van der Waals surface area contributed by atoms with E-state index in [1.54, 1.807) is 24.6 Å². The minimum absolute atomic E-state index is 0.123. The molecule has 0 bridgehead atoms. The Labute approximate surface area is 161 Å². The maximum absolute atomic E-state index is 13.1. The van der Waals surface area contributed by atoms with Gasteiger partial charge in [0.2, 0.25) is 5.91 Å². The number of benzene rings is 1. The number of carbonyl (C=O) groups is 1. The molecular weight excluding hydrogens is 356 g/mol. The average molecular weight is 376 g/mol. The van der Waals surface area contributed by atoms with E-state index in [9.17, 15) is 9.59 Å². The molecule has 3 heterocycles. The van der Waals surface area contributed by atoms with Crippen LogP contribution in [0.3, 0.4) is 0 Å². The van der Waals surface area contributed by atoms with E-state index >= 15 is 0 Å². The molecule has 0 saturated heterocycles. The summed E-state index contributed by atoms with van der Waals surface area (Å²) in [4.78, 5) is 25.4. The predicted octanol–water partition coefficient (Wildman–Crippen LogP) is 2.71. The maximum atomic E-state index is 13.1. The van der Waals surface area contributed by atoms with E-state index in [0.29, 0.717) is 23.4 Å². The second-order valence-electron chi connectivity index (χ2n) is 6.60. The van der Waals surface area contributed by atoms with Crippen molar-refractivity contribution in [2.24, 2.45) is 0 Å². The molecule has 0 aliphatic carbocycles. The van der Waals surface area contributed by atoms with E-state index in [1.807, 2.05) is 48.7 Å². The standard InChI is InChI=1S/C21H20N4O3/c1-14-18-12-23-25(16-7-4-3-5-8-16)21(27)20(18)15(2)24(14)13-19(26)22-11-17-9-6-10-28-17/h3-10,12H,11,13H2,1-2H3,(H,22,26). The van der Waals surface area contributed by atoms with Crippen molar-refractivity contribution in [2.75, 3.05) is 0 Å². The lowest BCUT2D eigenvalue weighted by Gasteiger charge is -2.09. The van der Waals surface area contributed by atoms with Gasteiger partial charge < -0.3 is 14.3 Å². The van der Waals surface area contributed by atoms with E-state index in [-0.39, 0.29) is 18.0 Å². The number of nitrogens with one attached hydrogen (secondary N) is 1. The van der Waals surface area contributed by atoms with Crippen LogP contribution in [0.1, 0.15) is 17.1 Å². The summed E-state index contributed by atoms with van der Waals surface area (Å²) < 4.78 is 8.46. The molecule has 0 atom stereocenters. The van der Waals surface area contributed by atoms with Crippen LogP contribution in [0.15, 0.2) is 64.1 Å². The van der Waals surface area contributed by atoms with Crippen molar-refractivity contribution in [3.8, 4) is 5.69 Å². The van der Waals surface area contributed by atoms with Crippen molar-refractivity contribution in [1.29, 1.82) is 0 Å². The van der Waals surface area contributed by atoms with Gasteiger partial charge in [0.1, 0.15) is 12.3 Å². The van der Waals surface area contributed by atoms with Crippen molar-refractivity contribution in [2.45, 2.75) is 26.9 Å². The fraction of sp³-hybridized carbons (Fsp3) is 0.190. The summed E-state index contributed by atoms with van der Waals surface area (Å²) in [6, 6.07) is 12.9. The first kappa shape index (κ1) is 17.8. The first-order valence-electron chi connectivity index (χ1n) is 8.98. The SMILES string of the molecule is Cc1c2cnn(-c3ccccc3)c(=O)c2c(C)n1CC(=O)NCc1ccco1. The van der Waals surface area contributed by atoms with E-state index in [1.165, 1.54) is 4.68 Å². The molecule has 0 aliphatic rings. The summed E-state index contributed by atoms with van der Waals surface area (Å²) >= 11 is 0. The van der Waals surface area contributed by atoms with Gasteiger partial charge in [0.05, 0.1) is 30.1 Å². The molecule has 0 saturated carbocycles. The van der Waals surface area contributed by atoms with Crippen LogP contribution in [0.25, 0.3) is 16.5 Å². The Morgan fingerprint density at radius 3 is 2.61 bits per heavy atom. The molecule has 0 spiro atoms. The third kappa shape index (κ3) is 3.11. The number of hydrogen-bond donors (Lipinski definition) is 1. The van der Waals surface area contributed by atoms with Gasteiger partial charge >= 0.3 is 0 Å². The van der Waals surface area contributed by atoms with E-state index < -0.39 is 0 Å². The van der Waals surface area contributed by atoms with Gasteiger partial charge in [0.15, 0.2) is 0 Å². The smallest absolute Gasteiger partial charge is 0.281 e. The Morgan fingerprint density at radius 1 is 1.11 bits per heavy atom. The molecule has 0 radical (unpaired) electrons. The van der Waals surface area contributed by atoms with Crippen LogP contribution in [0.2, 0.25) is 0 Å². The van der Waals surface area contributed by atoms with Crippen molar-refractivity contribution in [3.05, 3.63) is 82.4 Å². The fourth-order valence-corrected chi connectivity index (χ4v) is 3.40. The van der Waals surface area contributed by atoms with Gasteiger partial charge in [-0.2, -0.15) is 9.78 Å². The molecule has 0 fully saturated rings. The number of carbonyl (C=O) groups excluding carboxylic acids is 1. The molecule has 4 rings (SSSR count). The van der Waals surface area contributed by atoms with Crippen molar-refractivity contribution < 1.29 is 9.21 Å². The van der Waals surface area contributed by atoms with Crippen LogP contribution in [0.4, 0.5) is 0 Å². The number of aryl methyl sites for hydroxylation is 2. The minimum atomic E-state index is -0.195. The number of amides is 1. The Bertz CT molecular complexity index is 1190. The highest BCUT2D eigenvalue weighted by Gasteiger charge is 2.18. The molecular formula is C21H20N4O3. The van der Waals surface area contributed by atoms with E-state index in [2.05, 4.69) is 10.4 Å². The summed E-state index contributed by atoms with van der Waals surface area (Å²) in [5, 5.41) is 8.49. The summed E-state index contributed by atoms with van der Waals surface area (Å²) in [7, 11) is 0. The zero-order valence-corrected chi connectivity index (χ0v) is 15.7. The second kappa shape index (κ2) is 7.19. The zero-order chi connectivity index (χ0) is 19.7. The van der Waals surface area contributed by atoms with Crippen LogP contribution >= 0.6 is 0 Å². The highest BCUT2D eigenvalue weighted by Crippen LogP contribution is 2.22. The van der Waals surface area contributed by atoms with Gasteiger partial charge in [-0.05, 0) is 38.1 Å². The molecule has 7 nitrogen and oxygen atoms in total. The number of aromatic nitrogens is 3. The Morgan fingerprint density at radius 2 is 1.89 bits per heavy atom. The topological polar surface area (TPSA) is 82.1 Å². The highest BCUT2D eigenvalue weighted by molar-refractivity contribution is 5.88. The molecule has 28 heavy (non-hydrogen) atoms. The maximum Gasteiger partial charge on any atom is 0.281 e. The normalized spacial score (nSPS) is 11.1. The zero-order valence-electron chi connectivity index (χ0n) is 15.7. The summed E-state index contributed by atoms with van der Waals surface area (Å²) in [5.41, 5.74) is 2.10. The average Bonchev–Trinajstić information content (AvgIpc) is 3.30. The minimum Gasteiger partial charge on any atom is -0.467 e. The predicted molar refractivity (Wildman–Crippen MR) is 105 cm³/mol. The van der Waals surface area contributed by atoms with E-state index in [0.717, 1.165) is 16.8 Å². The second-order valence-corrected chi connectivity index (χ2v) is 6.60. The van der Waals surface area contributed by atoms with Gasteiger partial charge in [0, 0.05) is 16.8 Å². The molecule has 1 N–H and O–H groups in total. The van der Waals surface area contributed by atoms with Crippen LogP contribution in [-0.2, 0) is 17.9 Å². The van der Waals surface area contributed by atoms with Crippen molar-refractivity contribution in [1.82, 2.24) is 19.7 Å². The molecule has 1 amide bonds. The molecule has 3 aromatic heterocycles. The van der Waals surface area contributed by atoms with Crippen LogP contribution in [-0.4, -0.2) is 20.3 Å². The van der Waals surface area contributed by atoms with Crippen LogP contribution in [0, 0.1) is 13.8 Å². The van der Waals surface area contributed by atoms with Gasteiger partial charge in [-0.1, -0.05) is 18.2 Å². The summed E-state index contributed by atoms with van der Waals surface area (Å²) in [5.74, 6) is 0.536. The first-order valence-corrected chi connectivity index (χ1v) is 8.98. The van der Waals surface area contributed by atoms with Crippen LogP contribution in [0.5, 0.6) is 0 Å². The van der Waals surface area contributed by atoms with E-state index in [4.69, 9.17) is 4.42 Å². The number of para-hydroxylation sites is 1. The molecule has 0 aliphatic heterocycles. The molecule has 7 heteroatoms. The van der Waals surface area contributed by atoms with Crippen molar-refractivity contribution in [3.63, 3.8) is 0 Å². The lowest BCUT2D eigenvalue weighted by atomic mass is 10.2. The summed E-state index contributed by atoms with van der Waals surface area (Å²) in [6.07, 6.45) is 3.25. The van der Waals surface area contributed by atoms with Gasteiger partial charge in [0.25, 0.3) is 5.56 Å². The fourth-order valence-electron chi connectivity index (χ4n) is 3.40. The summed E-state index contributed by atoms with van der Waals surface area (Å²) in [6.45, 7) is 4.19. The first-order chi connectivity index (χ1) is 13.6. The Balaban J connectivity index is 1.67. The van der Waals surface area contributed by atoms with Crippen LogP contribution < -0.4 is 10.9 Å². The molecule has 142 valence electrons. The Hall–Kier alpha value is -3.61. The number of fused-ring (bicyclic) bond motifs is 1. The third-order valence-electron chi connectivity index (χ3n) is 4.88. The number of hydrogen-bond acceptors (Lipinski definition) is 4. The molecule has 1 aromatic carbocycles. The molecule has 4 aromatic rings. The lowest BCUT2D eigenvalue weighted by Crippen LogP contribution is -2.27.